The van der Waals surface area contributed by atoms with Crippen LogP contribution in [0.3, 0.4) is 0 Å². The summed E-state index contributed by atoms with van der Waals surface area (Å²) in [4.78, 5) is 23.6. The molecule has 0 aliphatic carbocycles. The topological polar surface area (TPSA) is 128 Å². The van der Waals surface area contributed by atoms with E-state index in [2.05, 4.69) is 36.2 Å². The second kappa shape index (κ2) is 12.2. The molecule has 1 aliphatic rings. The van der Waals surface area contributed by atoms with Crippen LogP contribution in [0.1, 0.15) is 15.9 Å². The minimum atomic E-state index is -5.08. The fourth-order valence-electron chi connectivity index (χ4n) is 3.03. The third kappa shape index (κ3) is 9.74. The third-order valence-electron chi connectivity index (χ3n) is 4.62. The lowest BCUT2D eigenvalue weighted by molar-refractivity contribution is -0.192. The Balaban J connectivity index is 0.000000540. The van der Waals surface area contributed by atoms with Gasteiger partial charge in [0, 0.05) is 42.8 Å². The molecule has 0 bridgehead atoms. The molecular weight excluding hydrogens is 557 g/mol. The molecule has 192 valence electrons. The van der Waals surface area contributed by atoms with Crippen LogP contribution < -0.4 is 20.3 Å². The Kier molecular flexibility index (Phi) is 9.92. The molecule has 2 aromatic carbocycles. The normalized spacial score (nSPS) is 13.9. The number of hydrogen-bond acceptors (Lipinski definition) is 6. The van der Waals surface area contributed by atoms with Crippen molar-refractivity contribution in [1.82, 2.24) is 10.6 Å². The number of hydrogen-bond donors (Lipinski definition) is 4. The molecule has 35 heavy (non-hydrogen) atoms. The van der Waals surface area contributed by atoms with E-state index in [0.717, 1.165) is 48.2 Å². The van der Waals surface area contributed by atoms with Crippen molar-refractivity contribution in [2.75, 3.05) is 42.1 Å². The first-order valence-corrected chi connectivity index (χ1v) is 12.8. The summed E-state index contributed by atoms with van der Waals surface area (Å²) in [5.41, 5.74) is 2.57. The number of rotatable bonds is 6. The minimum absolute atomic E-state index is 0.258. The Morgan fingerprint density at radius 1 is 1.11 bits per heavy atom. The van der Waals surface area contributed by atoms with E-state index in [9.17, 15) is 26.4 Å². The van der Waals surface area contributed by atoms with Gasteiger partial charge in [0.25, 0.3) is 5.91 Å². The van der Waals surface area contributed by atoms with Crippen LogP contribution in [-0.2, 0) is 21.4 Å². The molecule has 4 N–H and O–H groups in total. The molecule has 0 spiro atoms. The number of sulfonamides is 1. The fourth-order valence-corrected chi connectivity index (χ4v) is 3.85. The van der Waals surface area contributed by atoms with Gasteiger partial charge in [-0.2, -0.15) is 13.2 Å². The van der Waals surface area contributed by atoms with Gasteiger partial charge in [-0.3, -0.25) is 9.52 Å². The summed E-state index contributed by atoms with van der Waals surface area (Å²) in [6.45, 7) is 3.59. The van der Waals surface area contributed by atoms with Gasteiger partial charge in [-0.25, -0.2) is 13.2 Å². The maximum atomic E-state index is 12.6. The number of aliphatic carboxylic acids is 1. The van der Waals surface area contributed by atoms with Crippen molar-refractivity contribution in [2.24, 2.45) is 0 Å². The Labute approximate surface area is 208 Å². The lowest BCUT2D eigenvalue weighted by atomic mass is 10.1. The zero-order valence-corrected chi connectivity index (χ0v) is 20.9. The van der Waals surface area contributed by atoms with Gasteiger partial charge in [0.05, 0.1) is 17.6 Å². The average molecular weight is 581 g/mol. The highest BCUT2D eigenvalue weighted by Crippen LogP contribution is 2.28. The SMILES string of the molecule is CS(=O)(=O)Nc1cc(C(=O)NCc2ccc(Br)cc2)ccc1N1CCNCC1.O=C(O)C(F)(F)F. The van der Waals surface area contributed by atoms with Crippen LogP contribution in [0.5, 0.6) is 0 Å². The quantitative estimate of drug-likeness (QED) is 0.413. The molecule has 1 saturated heterocycles. The van der Waals surface area contributed by atoms with E-state index in [1.165, 1.54) is 0 Å². The largest absolute Gasteiger partial charge is 0.490 e. The summed E-state index contributed by atoms with van der Waals surface area (Å²) in [5.74, 6) is -3.01. The molecule has 0 unspecified atom stereocenters. The van der Waals surface area contributed by atoms with Crippen LogP contribution >= 0.6 is 15.9 Å². The average Bonchev–Trinajstić information content (AvgIpc) is 2.78. The van der Waals surface area contributed by atoms with Crippen LogP contribution in [0.4, 0.5) is 24.5 Å². The van der Waals surface area contributed by atoms with Crippen LogP contribution in [0.25, 0.3) is 0 Å². The zero-order chi connectivity index (χ0) is 26.2. The number of halogens is 4. The molecule has 3 rings (SSSR count). The van der Waals surface area contributed by atoms with Crippen molar-refractivity contribution < 1.29 is 36.3 Å². The van der Waals surface area contributed by atoms with Crippen LogP contribution in [-0.4, -0.2) is 64.0 Å². The van der Waals surface area contributed by atoms with Gasteiger partial charge in [0.15, 0.2) is 0 Å². The minimum Gasteiger partial charge on any atom is -0.475 e. The first kappa shape index (κ1) is 28.4. The van der Waals surface area contributed by atoms with E-state index in [1.807, 2.05) is 24.3 Å². The van der Waals surface area contributed by atoms with E-state index in [4.69, 9.17) is 9.90 Å². The fraction of sp³-hybridized carbons (Fsp3) is 0.333. The van der Waals surface area contributed by atoms with Crippen molar-refractivity contribution in [2.45, 2.75) is 12.7 Å². The van der Waals surface area contributed by atoms with E-state index < -0.39 is 22.2 Å². The molecular formula is C21H24BrF3N4O5S. The van der Waals surface area contributed by atoms with E-state index in [-0.39, 0.29) is 5.91 Å². The number of nitrogens with one attached hydrogen (secondary N) is 3. The highest BCUT2D eigenvalue weighted by Gasteiger charge is 2.38. The van der Waals surface area contributed by atoms with E-state index >= 15 is 0 Å². The monoisotopic (exact) mass is 580 g/mol. The highest BCUT2D eigenvalue weighted by molar-refractivity contribution is 9.10. The predicted octanol–water partition coefficient (Wildman–Crippen LogP) is 2.79. The first-order valence-electron chi connectivity index (χ1n) is 10.2. The van der Waals surface area contributed by atoms with Crippen LogP contribution in [0, 0.1) is 0 Å². The molecule has 9 nitrogen and oxygen atoms in total. The lowest BCUT2D eigenvalue weighted by Crippen LogP contribution is -2.43. The van der Waals surface area contributed by atoms with Crippen molar-refractivity contribution >= 4 is 49.2 Å². The molecule has 0 saturated carbocycles. The number of carbonyl (C=O) groups is 2. The summed E-state index contributed by atoms with van der Waals surface area (Å²) < 4.78 is 58.9. The molecule has 14 heteroatoms. The molecule has 0 aromatic heterocycles. The van der Waals surface area contributed by atoms with Crippen molar-refractivity contribution in [1.29, 1.82) is 0 Å². The first-order chi connectivity index (χ1) is 16.3. The Hall–Kier alpha value is -2.84. The van der Waals surface area contributed by atoms with E-state index in [1.54, 1.807) is 18.2 Å². The summed E-state index contributed by atoms with van der Waals surface area (Å²) in [7, 11) is -3.47. The van der Waals surface area contributed by atoms with Gasteiger partial charge in [-0.15, -0.1) is 0 Å². The number of carboxylic acids is 1. The Morgan fingerprint density at radius 2 is 1.69 bits per heavy atom. The number of amides is 1. The Bertz CT molecular complexity index is 1140. The standard InChI is InChI=1S/C19H23BrN4O3S.C2HF3O2/c1-28(26,27)23-17-12-15(4-7-18(17)24-10-8-21-9-11-24)19(25)22-13-14-2-5-16(20)6-3-14;3-2(4,5)1(6)7/h2-7,12,21,23H,8-11,13H2,1H3,(H,22,25);(H,6,7). The summed E-state index contributed by atoms with van der Waals surface area (Å²) in [6.07, 6.45) is -3.98. The predicted molar refractivity (Wildman–Crippen MR) is 129 cm³/mol. The number of carboxylic acid groups (broad SMARTS) is 1. The van der Waals surface area contributed by atoms with Gasteiger partial charge < -0.3 is 20.6 Å². The van der Waals surface area contributed by atoms with Gasteiger partial charge in [-0.05, 0) is 35.9 Å². The van der Waals surface area contributed by atoms with Crippen molar-refractivity contribution in [3.05, 3.63) is 58.1 Å². The summed E-state index contributed by atoms with van der Waals surface area (Å²) in [6, 6.07) is 12.8. The molecule has 2 aromatic rings. The number of benzene rings is 2. The molecule has 1 aliphatic heterocycles. The number of anilines is 2. The molecule has 1 fully saturated rings. The summed E-state index contributed by atoms with van der Waals surface area (Å²) >= 11 is 3.38. The lowest BCUT2D eigenvalue weighted by Gasteiger charge is -2.31. The van der Waals surface area contributed by atoms with Gasteiger partial charge in [0.2, 0.25) is 10.0 Å². The maximum Gasteiger partial charge on any atom is 0.490 e. The number of carbonyl (C=O) groups excluding carboxylic acids is 1. The van der Waals surface area contributed by atoms with Crippen molar-refractivity contribution in [3.63, 3.8) is 0 Å². The van der Waals surface area contributed by atoms with E-state index in [0.29, 0.717) is 17.8 Å². The Morgan fingerprint density at radius 3 is 2.20 bits per heavy atom. The second-order valence-electron chi connectivity index (χ2n) is 7.46. The molecule has 1 amide bonds. The summed E-state index contributed by atoms with van der Waals surface area (Å²) in [5, 5.41) is 13.3. The number of nitrogens with zero attached hydrogens (tertiary/aromatic N) is 1. The molecule has 0 atom stereocenters. The third-order valence-corrected chi connectivity index (χ3v) is 5.74. The molecule has 1 heterocycles. The zero-order valence-electron chi connectivity index (χ0n) is 18.5. The van der Waals surface area contributed by atoms with Gasteiger partial charge >= 0.3 is 12.1 Å². The second-order valence-corrected chi connectivity index (χ2v) is 10.1. The maximum absolute atomic E-state index is 12.6. The highest BCUT2D eigenvalue weighted by atomic mass is 79.9. The molecule has 0 radical (unpaired) electrons. The van der Waals surface area contributed by atoms with Crippen molar-refractivity contribution in [3.8, 4) is 0 Å². The van der Waals surface area contributed by atoms with Crippen LogP contribution in [0.2, 0.25) is 0 Å². The number of alkyl halides is 3. The number of piperazine rings is 1. The van der Waals surface area contributed by atoms with Gasteiger partial charge in [-0.1, -0.05) is 28.1 Å². The van der Waals surface area contributed by atoms with Gasteiger partial charge in [0.1, 0.15) is 0 Å². The smallest absolute Gasteiger partial charge is 0.475 e. The van der Waals surface area contributed by atoms with Crippen LogP contribution in [0.15, 0.2) is 46.9 Å².